The van der Waals surface area contributed by atoms with Crippen molar-refractivity contribution in [3.63, 3.8) is 0 Å². The maximum absolute atomic E-state index is 12.3. The lowest BCUT2D eigenvalue weighted by Gasteiger charge is -2.19. The zero-order chi connectivity index (χ0) is 16.8. The largest absolute Gasteiger partial charge is 0.490 e. The number of ether oxygens (including phenoxy) is 2. The van der Waals surface area contributed by atoms with Crippen LogP contribution in [-0.4, -0.2) is 36.5 Å². The highest BCUT2D eigenvalue weighted by molar-refractivity contribution is 8.13. The third kappa shape index (κ3) is 4.64. The van der Waals surface area contributed by atoms with Gasteiger partial charge >= 0.3 is 0 Å². The van der Waals surface area contributed by atoms with Crippen molar-refractivity contribution in [2.75, 3.05) is 30.4 Å². The minimum atomic E-state index is 0.0887. The number of carbonyl (C=O) groups is 2. The Bertz CT molecular complexity index is 576. The second-order valence-corrected chi connectivity index (χ2v) is 6.57. The topological polar surface area (TPSA) is 55.8 Å². The highest BCUT2D eigenvalue weighted by Gasteiger charge is 2.31. The van der Waals surface area contributed by atoms with E-state index >= 15 is 0 Å². The maximum Gasteiger partial charge on any atom is 0.227 e. The fourth-order valence-corrected chi connectivity index (χ4v) is 3.28. The molecule has 0 saturated carbocycles. The van der Waals surface area contributed by atoms with Gasteiger partial charge in [-0.15, -0.1) is 0 Å². The summed E-state index contributed by atoms with van der Waals surface area (Å²) in [6.07, 6.45) is 0.484. The number of carbonyl (C=O) groups excluding carboxylic acids is 2. The Balaban J connectivity index is 2.12. The van der Waals surface area contributed by atoms with Crippen LogP contribution in [0.4, 0.5) is 5.69 Å². The molecule has 0 bridgehead atoms. The quantitative estimate of drug-likeness (QED) is 0.765. The van der Waals surface area contributed by atoms with E-state index in [2.05, 4.69) is 0 Å². The van der Waals surface area contributed by atoms with Crippen molar-refractivity contribution in [2.24, 2.45) is 5.92 Å². The van der Waals surface area contributed by atoms with Crippen molar-refractivity contribution in [1.82, 2.24) is 0 Å². The summed E-state index contributed by atoms with van der Waals surface area (Å²) in [6, 6.07) is 5.58. The summed E-state index contributed by atoms with van der Waals surface area (Å²) in [5, 5.41) is 0.0931. The Morgan fingerprint density at radius 3 is 2.61 bits per heavy atom. The third-order valence-electron chi connectivity index (χ3n) is 3.57. The van der Waals surface area contributed by atoms with E-state index in [1.54, 1.807) is 11.8 Å². The molecule has 1 fully saturated rings. The van der Waals surface area contributed by atoms with Gasteiger partial charge in [-0.05, 0) is 31.9 Å². The molecule has 5 nitrogen and oxygen atoms in total. The van der Waals surface area contributed by atoms with Crippen LogP contribution in [0.3, 0.4) is 0 Å². The summed E-state index contributed by atoms with van der Waals surface area (Å²) in [4.78, 5) is 25.1. The van der Waals surface area contributed by atoms with Gasteiger partial charge in [0.25, 0.3) is 0 Å². The minimum Gasteiger partial charge on any atom is -0.490 e. The Kier molecular flexibility index (Phi) is 6.33. The lowest BCUT2D eigenvalue weighted by atomic mass is 10.1. The van der Waals surface area contributed by atoms with Crippen molar-refractivity contribution in [1.29, 1.82) is 0 Å². The third-order valence-corrected chi connectivity index (χ3v) is 4.61. The highest BCUT2D eigenvalue weighted by atomic mass is 32.2. The van der Waals surface area contributed by atoms with E-state index < -0.39 is 0 Å². The molecule has 0 aromatic heterocycles. The smallest absolute Gasteiger partial charge is 0.227 e. The molecule has 2 rings (SSSR count). The molecule has 0 N–H and O–H groups in total. The summed E-state index contributed by atoms with van der Waals surface area (Å²) >= 11 is 1.29. The zero-order valence-electron chi connectivity index (χ0n) is 13.8. The normalized spacial score (nSPS) is 17.4. The number of anilines is 1. The first-order chi connectivity index (χ1) is 11.0. The average molecular weight is 337 g/mol. The van der Waals surface area contributed by atoms with Crippen LogP contribution in [0.1, 0.15) is 27.2 Å². The Hall–Kier alpha value is -1.69. The minimum absolute atomic E-state index is 0.0887. The predicted octanol–water partition coefficient (Wildman–Crippen LogP) is 3.12. The lowest BCUT2D eigenvalue weighted by molar-refractivity contribution is -0.117. The number of hydrogen-bond donors (Lipinski definition) is 0. The number of rotatable bonds is 7. The molecule has 6 heteroatoms. The summed E-state index contributed by atoms with van der Waals surface area (Å²) in [7, 11) is 0. The van der Waals surface area contributed by atoms with Gasteiger partial charge in [0.1, 0.15) is 0 Å². The van der Waals surface area contributed by atoms with Crippen LogP contribution >= 0.6 is 11.8 Å². The summed E-state index contributed by atoms with van der Waals surface area (Å²) < 4.78 is 11.2. The first-order valence-corrected chi connectivity index (χ1v) is 8.87. The monoisotopic (exact) mass is 337 g/mol. The molecule has 126 valence electrons. The van der Waals surface area contributed by atoms with E-state index in [9.17, 15) is 9.59 Å². The standard InChI is InChI=1S/C17H23NO4S/c1-4-21-15-7-6-14(9-16(15)22-5-2)18-10-13(8-17(18)20)11-23-12(3)19/h6-7,9,13H,4-5,8,10-11H2,1-3H3. The molecule has 1 saturated heterocycles. The molecular formula is C17H23NO4S. The van der Waals surface area contributed by atoms with Crippen molar-refractivity contribution >= 4 is 28.5 Å². The van der Waals surface area contributed by atoms with Crippen LogP contribution in [-0.2, 0) is 9.59 Å². The van der Waals surface area contributed by atoms with Gasteiger partial charge in [-0.1, -0.05) is 11.8 Å². The van der Waals surface area contributed by atoms with E-state index in [1.165, 1.54) is 11.8 Å². The SMILES string of the molecule is CCOc1ccc(N2CC(CSC(C)=O)CC2=O)cc1OCC. The van der Waals surface area contributed by atoms with E-state index in [4.69, 9.17) is 9.47 Å². The van der Waals surface area contributed by atoms with Crippen molar-refractivity contribution in [3.8, 4) is 11.5 Å². The van der Waals surface area contributed by atoms with Crippen LogP contribution in [0.25, 0.3) is 0 Å². The van der Waals surface area contributed by atoms with E-state index in [0.717, 1.165) is 5.69 Å². The van der Waals surface area contributed by atoms with Gasteiger partial charge in [0.15, 0.2) is 16.6 Å². The highest BCUT2D eigenvalue weighted by Crippen LogP contribution is 2.35. The number of amides is 1. The number of hydrogen-bond acceptors (Lipinski definition) is 5. The number of thioether (sulfide) groups is 1. The molecule has 1 amide bonds. The van der Waals surface area contributed by atoms with Gasteiger partial charge in [-0.3, -0.25) is 9.59 Å². The molecule has 0 aliphatic carbocycles. The molecule has 1 aromatic carbocycles. The summed E-state index contributed by atoms with van der Waals surface area (Å²) in [6.45, 7) is 7.13. The lowest BCUT2D eigenvalue weighted by Crippen LogP contribution is -2.24. The van der Waals surface area contributed by atoms with E-state index in [0.29, 0.717) is 43.4 Å². The van der Waals surface area contributed by atoms with Crippen LogP contribution in [0.15, 0.2) is 18.2 Å². The summed E-state index contributed by atoms with van der Waals surface area (Å²) in [5.74, 6) is 2.33. The van der Waals surface area contributed by atoms with Gasteiger partial charge in [-0.2, -0.15) is 0 Å². The van der Waals surface area contributed by atoms with Gasteiger partial charge < -0.3 is 14.4 Å². The van der Waals surface area contributed by atoms with E-state index in [-0.39, 0.29) is 16.9 Å². The molecule has 23 heavy (non-hydrogen) atoms. The van der Waals surface area contributed by atoms with E-state index in [1.807, 2.05) is 32.0 Å². The van der Waals surface area contributed by atoms with Crippen LogP contribution in [0.5, 0.6) is 11.5 Å². The average Bonchev–Trinajstić information content (AvgIpc) is 2.88. The van der Waals surface area contributed by atoms with Crippen LogP contribution < -0.4 is 14.4 Å². The Morgan fingerprint density at radius 2 is 1.96 bits per heavy atom. The molecule has 1 heterocycles. The molecular weight excluding hydrogens is 314 g/mol. The first-order valence-electron chi connectivity index (χ1n) is 7.88. The number of nitrogens with zero attached hydrogens (tertiary/aromatic N) is 1. The van der Waals surface area contributed by atoms with Crippen LogP contribution in [0.2, 0.25) is 0 Å². The molecule has 1 aliphatic heterocycles. The van der Waals surface area contributed by atoms with Gasteiger partial charge in [0.05, 0.1) is 13.2 Å². The molecule has 0 spiro atoms. The maximum atomic E-state index is 12.3. The molecule has 0 radical (unpaired) electrons. The van der Waals surface area contributed by atoms with Gasteiger partial charge in [-0.25, -0.2) is 0 Å². The Labute approximate surface area is 141 Å². The van der Waals surface area contributed by atoms with Gasteiger partial charge in [0.2, 0.25) is 5.91 Å². The first kappa shape index (κ1) is 17.7. The van der Waals surface area contributed by atoms with Crippen molar-refractivity contribution in [2.45, 2.75) is 27.2 Å². The predicted molar refractivity (Wildman–Crippen MR) is 92.4 cm³/mol. The molecule has 1 atom stereocenters. The fraction of sp³-hybridized carbons (Fsp3) is 0.529. The number of benzene rings is 1. The second kappa shape index (κ2) is 8.24. The summed E-state index contributed by atoms with van der Waals surface area (Å²) in [5.41, 5.74) is 0.817. The molecule has 1 aliphatic rings. The Morgan fingerprint density at radius 1 is 1.26 bits per heavy atom. The molecule has 1 aromatic rings. The van der Waals surface area contributed by atoms with Crippen molar-refractivity contribution in [3.05, 3.63) is 18.2 Å². The fourth-order valence-electron chi connectivity index (χ4n) is 2.59. The second-order valence-electron chi connectivity index (χ2n) is 5.37. The van der Waals surface area contributed by atoms with Crippen molar-refractivity contribution < 1.29 is 19.1 Å². The van der Waals surface area contributed by atoms with Crippen LogP contribution in [0, 0.1) is 5.92 Å². The zero-order valence-corrected chi connectivity index (χ0v) is 14.6. The van der Waals surface area contributed by atoms with Gasteiger partial charge in [0, 0.05) is 37.4 Å². The molecule has 1 unspecified atom stereocenters.